The van der Waals surface area contributed by atoms with Crippen LogP contribution in [0.15, 0.2) is 94.2 Å². The van der Waals surface area contributed by atoms with Crippen molar-refractivity contribution in [3.63, 3.8) is 0 Å². The van der Waals surface area contributed by atoms with Gasteiger partial charge in [0.2, 0.25) is 5.89 Å². The molecule has 5 nitrogen and oxygen atoms in total. The van der Waals surface area contributed by atoms with Crippen molar-refractivity contribution in [3.8, 4) is 11.5 Å². The molecule has 1 amide bonds. The second-order valence-corrected chi connectivity index (χ2v) is 8.84. The number of hydrogen-bond donors (Lipinski definition) is 1. The maximum absolute atomic E-state index is 12.6. The van der Waals surface area contributed by atoms with Crippen LogP contribution in [0.2, 0.25) is 0 Å². The molecule has 0 saturated heterocycles. The Bertz CT molecular complexity index is 1200. The first-order valence-electron chi connectivity index (χ1n) is 10.4. The van der Waals surface area contributed by atoms with Gasteiger partial charge in [-0.3, -0.25) is 9.00 Å². The standard InChI is InChI=1S/C26H24N2O3S/c1-19-24(18-32(30)23-10-6-3-7-11-23)28-26(31-19)22-14-12-21(13-15-22)25(29)27-17-16-20-8-4-2-5-9-20/h2-15H,16-18H2,1H3,(H,27,29). The molecule has 1 aromatic heterocycles. The van der Waals surface area contributed by atoms with Crippen LogP contribution in [0.5, 0.6) is 0 Å². The summed E-state index contributed by atoms with van der Waals surface area (Å²) in [4.78, 5) is 17.7. The fourth-order valence-electron chi connectivity index (χ4n) is 3.30. The van der Waals surface area contributed by atoms with Gasteiger partial charge in [0.15, 0.2) is 0 Å². The Morgan fingerprint density at radius 2 is 1.59 bits per heavy atom. The van der Waals surface area contributed by atoms with Crippen LogP contribution in [-0.2, 0) is 23.0 Å². The smallest absolute Gasteiger partial charge is 0.251 e. The van der Waals surface area contributed by atoms with E-state index in [0.29, 0.717) is 35.2 Å². The first-order chi connectivity index (χ1) is 15.6. The maximum atomic E-state index is 12.6. The summed E-state index contributed by atoms with van der Waals surface area (Å²) in [6, 6.07) is 26.5. The molecule has 162 valence electrons. The van der Waals surface area contributed by atoms with Crippen molar-refractivity contribution >= 4 is 16.7 Å². The van der Waals surface area contributed by atoms with Gasteiger partial charge in [0.25, 0.3) is 5.91 Å². The van der Waals surface area contributed by atoms with Crippen molar-refractivity contribution in [2.24, 2.45) is 0 Å². The molecule has 4 aromatic rings. The van der Waals surface area contributed by atoms with E-state index in [9.17, 15) is 9.00 Å². The van der Waals surface area contributed by atoms with Gasteiger partial charge in [0.05, 0.1) is 22.2 Å². The molecule has 0 saturated carbocycles. The number of nitrogens with zero attached hydrogens (tertiary/aromatic N) is 1. The SMILES string of the molecule is Cc1oc(-c2ccc(C(=O)NCCc3ccccc3)cc2)nc1CS(=O)c1ccccc1. The molecule has 32 heavy (non-hydrogen) atoms. The number of hydrogen-bond acceptors (Lipinski definition) is 4. The number of aryl methyl sites for hydroxylation is 1. The van der Waals surface area contributed by atoms with Crippen LogP contribution in [0.25, 0.3) is 11.5 Å². The third-order valence-corrected chi connectivity index (χ3v) is 6.44. The van der Waals surface area contributed by atoms with E-state index in [0.717, 1.165) is 16.9 Å². The zero-order chi connectivity index (χ0) is 22.3. The van der Waals surface area contributed by atoms with E-state index in [1.54, 1.807) is 12.1 Å². The minimum absolute atomic E-state index is 0.116. The second-order valence-electron chi connectivity index (χ2n) is 7.39. The average molecular weight is 445 g/mol. The summed E-state index contributed by atoms with van der Waals surface area (Å²) >= 11 is 0. The summed E-state index contributed by atoms with van der Waals surface area (Å²) < 4.78 is 18.4. The van der Waals surface area contributed by atoms with E-state index < -0.39 is 10.8 Å². The molecule has 0 fully saturated rings. The lowest BCUT2D eigenvalue weighted by Crippen LogP contribution is -2.25. The van der Waals surface area contributed by atoms with E-state index in [4.69, 9.17) is 4.42 Å². The Morgan fingerprint density at radius 3 is 2.28 bits per heavy atom. The van der Waals surface area contributed by atoms with Crippen molar-refractivity contribution in [2.75, 3.05) is 6.54 Å². The predicted molar refractivity (Wildman–Crippen MR) is 126 cm³/mol. The molecular weight excluding hydrogens is 420 g/mol. The minimum atomic E-state index is -1.19. The summed E-state index contributed by atoms with van der Waals surface area (Å²) in [5.74, 6) is 1.28. The molecule has 0 spiro atoms. The largest absolute Gasteiger partial charge is 0.441 e. The zero-order valence-electron chi connectivity index (χ0n) is 17.8. The molecule has 1 unspecified atom stereocenters. The number of carbonyl (C=O) groups is 1. The van der Waals surface area contributed by atoms with Gasteiger partial charge in [0, 0.05) is 22.6 Å². The van der Waals surface area contributed by atoms with Crippen LogP contribution in [0.1, 0.15) is 27.4 Å². The van der Waals surface area contributed by atoms with E-state index >= 15 is 0 Å². The highest BCUT2D eigenvalue weighted by Gasteiger charge is 2.15. The van der Waals surface area contributed by atoms with Crippen molar-refractivity contribution in [3.05, 3.63) is 108 Å². The molecule has 0 aliphatic carbocycles. The highest BCUT2D eigenvalue weighted by atomic mass is 32.2. The average Bonchev–Trinajstić information content (AvgIpc) is 3.20. The van der Waals surface area contributed by atoms with Crippen molar-refractivity contribution in [1.82, 2.24) is 10.3 Å². The molecule has 6 heteroatoms. The molecule has 0 aliphatic rings. The summed E-state index contributed by atoms with van der Waals surface area (Å²) in [6.45, 7) is 2.40. The second kappa shape index (κ2) is 10.2. The van der Waals surface area contributed by atoms with Crippen molar-refractivity contribution in [2.45, 2.75) is 24.0 Å². The van der Waals surface area contributed by atoms with Crippen LogP contribution >= 0.6 is 0 Å². The number of carbonyl (C=O) groups excluding carboxylic acids is 1. The number of nitrogens with one attached hydrogen (secondary N) is 1. The summed E-state index contributed by atoms with van der Waals surface area (Å²) in [5.41, 5.74) is 3.21. The van der Waals surface area contributed by atoms with Gasteiger partial charge < -0.3 is 9.73 Å². The number of aromatic nitrogens is 1. The number of benzene rings is 3. The van der Waals surface area contributed by atoms with E-state index in [1.165, 1.54) is 5.56 Å². The first kappa shape index (κ1) is 21.7. The fraction of sp³-hybridized carbons (Fsp3) is 0.154. The lowest BCUT2D eigenvalue weighted by atomic mass is 10.1. The highest BCUT2D eigenvalue weighted by Crippen LogP contribution is 2.24. The molecule has 0 radical (unpaired) electrons. The van der Waals surface area contributed by atoms with Crippen molar-refractivity contribution in [1.29, 1.82) is 0 Å². The van der Waals surface area contributed by atoms with Crippen LogP contribution < -0.4 is 5.32 Å². The van der Waals surface area contributed by atoms with E-state index in [1.807, 2.05) is 79.7 Å². The normalized spacial score (nSPS) is 11.8. The molecule has 4 rings (SSSR count). The Morgan fingerprint density at radius 1 is 0.938 bits per heavy atom. The Labute approximate surface area is 190 Å². The van der Waals surface area contributed by atoms with Gasteiger partial charge in [-0.15, -0.1) is 0 Å². The third kappa shape index (κ3) is 5.39. The highest BCUT2D eigenvalue weighted by molar-refractivity contribution is 7.84. The molecule has 1 N–H and O–H groups in total. The molecule has 0 bridgehead atoms. The summed E-state index contributed by atoms with van der Waals surface area (Å²) in [6.07, 6.45) is 0.785. The Balaban J connectivity index is 1.38. The topological polar surface area (TPSA) is 72.2 Å². The molecule has 0 aliphatic heterocycles. The van der Waals surface area contributed by atoms with Crippen LogP contribution in [0.3, 0.4) is 0 Å². The summed E-state index contributed by atoms with van der Waals surface area (Å²) in [7, 11) is -1.19. The van der Waals surface area contributed by atoms with Gasteiger partial charge in [-0.05, 0) is 55.3 Å². The van der Waals surface area contributed by atoms with E-state index in [-0.39, 0.29) is 5.91 Å². The Kier molecular flexibility index (Phi) is 6.92. The number of amides is 1. The lowest BCUT2D eigenvalue weighted by molar-refractivity contribution is 0.0954. The Hall–Kier alpha value is -3.51. The first-order valence-corrected chi connectivity index (χ1v) is 11.7. The zero-order valence-corrected chi connectivity index (χ0v) is 18.6. The molecule has 1 atom stereocenters. The quantitative estimate of drug-likeness (QED) is 0.418. The monoisotopic (exact) mass is 444 g/mol. The van der Waals surface area contributed by atoms with Gasteiger partial charge in [-0.25, -0.2) is 4.98 Å². The number of rotatable bonds is 8. The third-order valence-electron chi connectivity index (χ3n) is 5.10. The van der Waals surface area contributed by atoms with Crippen LogP contribution in [-0.4, -0.2) is 21.6 Å². The number of oxazole rings is 1. The predicted octanol–water partition coefficient (Wildman–Crippen LogP) is 4.93. The fourth-order valence-corrected chi connectivity index (χ4v) is 4.44. The van der Waals surface area contributed by atoms with E-state index in [2.05, 4.69) is 10.3 Å². The van der Waals surface area contributed by atoms with Gasteiger partial charge in [-0.2, -0.15) is 0 Å². The van der Waals surface area contributed by atoms with Gasteiger partial charge in [-0.1, -0.05) is 48.5 Å². The molecule has 1 heterocycles. The summed E-state index contributed by atoms with van der Waals surface area (Å²) in [5, 5.41) is 2.95. The van der Waals surface area contributed by atoms with Gasteiger partial charge in [0.1, 0.15) is 5.76 Å². The minimum Gasteiger partial charge on any atom is -0.441 e. The van der Waals surface area contributed by atoms with Crippen molar-refractivity contribution < 1.29 is 13.4 Å². The van der Waals surface area contributed by atoms with Crippen LogP contribution in [0, 0.1) is 6.92 Å². The maximum Gasteiger partial charge on any atom is 0.251 e. The molecule has 3 aromatic carbocycles. The molecular formula is C26H24N2O3S. The van der Waals surface area contributed by atoms with Gasteiger partial charge >= 0.3 is 0 Å². The lowest BCUT2D eigenvalue weighted by Gasteiger charge is -2.06. The van der Waals surface area contributed by atoms with Crippen LogP contribution in [0.4, 0.5) is 0 Å².